The van der Waals surface area contributed by atoms with Crippen molar-refractivity contribution in [1.82, 2.24) is 14.5 Å². The van der Waals surface area contributed by atoms with Crippen LogP contribution in [-0.2, 0) is 4.79 Å². The van der Waals surface area contributed by atoms with Gasteiger partial charge in [0.25, 0.3) is 5.56 Å². The molecule has 0 aliphatic heterocycles. The van der Waals surface area contributed by atoms with E-state index < -0.39 is 6.04 Å². The molecule has 0 bridgehead atoms. The summed E-state index contributed by atoms with van der Waals surface area (Å²) in [6.07, 6.45) is 1.46. The smallest absolute Gasteiger partial charge is 0.263 e. The van der Waals surface area contributed by atoms with Crippen LogP contribution in [0.15, 0.2) is 59.7 Å². The number of hydrogen-bond donors (Lipinski definition) is 1. The number of benzene rings is 2. The van der Waals surface area contributed by atoms with E-state index in [2.05, 4.69) is 15.3 Å². The molecule has 5 aromatic rings. The van der Waals surface area contributed by atoms with Crippen molar-refractivity contribution < 1.29 is 4.79 Å². The number of anilines is 1. The molecule has 0 aliphatic rings. The fourth-order valence-electron chi connectivity index (χ4n) is 3.72. The number of para-hydroxylation sites is 1. The maximum absolute atomic E-state index is 13.5. The average molecular weight is 461 g/mol. The van der Waals surface area contributed by atoms with Gasteiger partial charge < -0.3 is 5.32 Å². The number of aromatic nitrogens is 3. The molecule has 1 amide bonds. The predicted octanol–water partition coefficient (Wildman–Crippen LogP) is 5.55. The van der Waals surface area contributed by atoms with Gasteiger partial charge in [0.05, 0.1) is 21.9 Å². The number of aryl methyl sites for hydroxylation is 2. The van der Waals surface area contributed by atoms with Gasteiger partial charge in [-0.25, -0.2) is 9.97 Å². The molecule has 1 atom stereocenters. The Balaban J connectivity index is 1.52. The molecule has 2 aromatic carbocycles. The fraction of sp³-hybridized carbons (Fsp3) is 0.167. The minimum absolute atomic E-state index is 0.220. The Bertz CT molecular complexity index is 1500. The third-order valence-electron chi connectivity index (χ3n) is 5.47. The van der Waals surface area contributed by atoms with Gasteiger partial charge in [-0.3, -0.25) is 14.2 Å². The SMILES string of the molecule is Cc1ccc(-c2c(C)sc3ncn(C(C)C(=O)Nc4nc5ccccc5s4)c(=O)c23)cc1. The third-order valence-corrected chi connectivity index (χ3v) is 7.44. The first-order chi connectivity index (χ1) is 15.4. The number of amides is 1. The van der Waals surface area contributed by atoms with E-state index in [1.54, 1.807) is 6.92 Å². The third kappa shape index (κ3) is 3.51. The molecule has 0 radical (unpaired) electrons. The topological polar surface area (TPSA) is 76.9 Å². The summed E-state index contributed by atoms with van der Waals surface area (Å²) < 4.78 is 2.39. The highest BCUT2D eigenvalue weighted by atomic mass is 32.1. The van der Waals surface area contributed by atoms with E-state index in [9.17, 15) is 9.59 Å². The van der Waals surface area contributed by atoms with Gasteiger partial charge in [0, 0.05) is 10.4 Å². The van der Waals surface area contributed by atoms with E-state index in [0.29, 0.717) is 15.3 Å². The minimum atomic E-state index is -0.738. The summed E-state index contributed by atoms with van der Waals surface area (Å²) in [7, 11) is 0. The number of thiophene rings is 1. The van der Waals surface area contributed by atoms with Crippen molar-refractivity contribution in [2.75, 3.05) is 5.32 Å². The van der Waals surface area contributed by atoms with E-state index in [1.165, 1.54) is 33.6 Å². The molecule has 0 saturated heterocycles. The molecule has 5 rings (SSSR count). The summed E-state index contributed by atoms with van der Waals surface area (Å²) in [5.41, 5.74) is 3.62. The first kappa shape index (κ1) is 20.5. The number of fused-ring (bicyclic) bond motifs is 2. The second-order valence-electron chi connectivity index (χ2n) is 7.69. The molecule has 8 heteroatoms. The summed E-state index contributed by atoms with van der Waals surface area (Å²) in [6, 6.07) is 15.1. The lowest BCUT2D eigenvalue weighted by molar-refractivity contribution is -0.118. The lowest BCUT2D eigenvalue weighted by atomic mass is 10.0. The van der Waals surface area contributed by atoms with Gasteiger partial charge in [0.2, 0.25) is 5.91 Å². The van der Waals surface area contributed by atoms with Crippen LogP contribution >= 0.6 is 22.7 Å². The van der Waals surface area contributed by atoms with Gasteiger partial charge in [-0.1, -0.05) is 53.3 Å². The van der Waals surface area contributed by atoms with Gasteiger partial charge in [-0.05, 0) is 38.5 Å². The van der Waals surface area contributed by atoms with Crippen molar-refractivity contribution in [1.29, 1.82) is 0 Å². The van der Waals surface area contributed by atoms with E-state index in [-0.39, 0.29) is 11.5 Å². The van der Waals surface area contributed by atoms with Crippen molar-refractivity contribution in [3.05, 3.63) is 75.7 Å². The summed E-state index contributed by atoms with van der Waals surface area (Å²) in [5.74, 6) is -0.309. The van der Waals surface area contributed by atoms with Crippen LogP contribution in [0, 0.1) is 13.8 Å². The number of rotatable bonds is 4. The van der Waals surface area contributed by atoms with Gasteiger partial charge in [0.1, 0.15) is 10.9 Å². The molecular formula is C24H20N4O2S2. The zero-order valence-corrected chi connectivity index (χ0v) is 19.4. The summed E-state index contributed by atoms with van der Waals surface area (Å²) in [4.78, 5) is 37.1. The van der Waals surface area contributed by atoms with Crippen molar-refractivity contribution >= 4 is 54.1 Å². The minimum Gasteiger partial charge on any atom is -0.300 e. The van der Waals surface area contributed by atoms with Crippen LogP contribution in [0.4, 0.5) is 5.13 Å². The van der Waals surface area contributed by atoms with Gasteiger partial charge in [-0.15, -0.1) is 11.3 Å². The van der Waals surface area contributed by atoms with Crippen LogP contribution in [0.25, 0.3) is 31.6 Å². The molecule has 0 spiro atoms. The maximum atomic E-state index is 13.5. The molecular weight excluding hydrogens is 440 g/mol. The molecule has 0 aliphatic carbocycles. The monoisotopic (exact) mass is 460 g/mol. The Morgan fingerprint density at radius 3 is 2.56 bits per heavy atom. The quantitative estimate of drug-likeness (QED) is 0.381. The average Bonchev–Trinajstić information content (AvgIpc) is 3.34. The molecule has 0 fully saturated rings. The number of nitrogens with one attached hydrogen (secondary N) is 1. The van der Waals surface area contributed by atoms with Crippen molar-refractivity contribution in [3.63, 3.8) is 0 Å². The Labute approximate surface area is 192 Å². The van der Waals surface area contributed by atoms with Gasteiger partial charge in [-0.2, -0.15) is 0 Å². The highest BCUT2D eigenvalue weighted by molar-refractivity contribution is 7.22. The lowest BCUT2D eigenvalue weighted by Gasteiger charge is -2.14. The number of thiazole rings is 1. The molecule has 3 heterocycles. The van der Waals surface area contributed by atoms with Crippen LogP contribution in [0.5, 0.6) is 0 Å². The zero-order chi connectivity index (χ0) is 22.4. The van der Waals surface area contributed by atoms with Crippen LogP contribution in [0.3, 0.4) is 0 Å². The van der Waals surface area contributed by atoms with Crippen molar-refractivity contribution in [3.8, 4) is 11.1 Å². The molecule has 6 nitrogen and oxygen atoms in total. The number of hydrogen-bond acceptors (Lipinski definition) is 6. The highest BCUT2D eigenvalue weighted by Crippen LogP contribution is 2.35. The highest BCUT2D eigenvalue weighted by Gasteiger charge is 2.22. The number of carbonyl (C=O) groups excluding carboxylic acids is 1. The summed E-state index contributed by atoms with van der Waals surface area (Å²) in [5, 5.41) is 3.91. The number of carbonyl (C=O) groups is 1. The second-order valence-corrected chi connectivity index (χ2v) is 9.92. The molecule has 0 saturated carbocycles. The summed E-state index contributed by atoms with van der Waals surface area (Å²) >= 11 is 2.90. The van der Waals surface area contributed by atoms with Crippen LogP contribution in [-0.4, -0.2) is 20.4 Å². The number of nitrogens with zero attached hydrogens (tertiary/aromatic N) is 3. The largest absolute Gasteiger partial charge is 0.300 e. The first-order valence-electron chi connectivity index (χ1n) is 10.2. The van der Waals surface area contributed by atoms with Crippen LogP contribution in [0.2, 0.25) is 0 Å². The zero-order valence-electron chi connectivity index (χ0n) is 17.7. The lowest BCUT2D eigenvalue weighted by Crippen LogP contribution is -2.31. The van der Waals surface area contributed by atoms with Crippen molar-refractivity contribution in [2.24, 2.45) is 0 Å². The van der Waals surface area contributed by atoms with E-state index in [0.717, 1.165) is 31.8 Å². The molecule has 160 valence electrons. The van der Waals surface area contributed by atoms with Crippen LogP contribution in [0.1, 0.15) is 23.4 Å². The molecule has 3 aromatic heterocycles. The molecule has 1 N–H and O–H groups in total. The van der Waals surface area contributed by atoms with Gasteiger partial charge in [0.15, 0.2) is 5.13 Å². The summed E-state index contributed by atoms with van der Waals surface area (Å²) in [6.45, 7) is 5.72. The Morgan fingerprint density at radius 1 is 1.06 bits per heavy atom. The molecule has 1 unspecified atom stereocenters. The van der Waals surface area contributed by atoms with Gasteiger partial charge >= 0.3 is 0 Å². The Kier molecular flexibility index (Phi) is 5.11. The maximum Gasteiger partial charge on any atom is 0.263 e. The predicted molar refractivity (Wildman–Crippen MR) is 132 cm³/mol. The first-order valence-corrected chi connectivity index (χ1v) is 11.8. The Morgan fingerprint density at radius 2 is 1.81 bits per heavy atom. The van der Waals surface area contributed by atoms with Crippen molar-refractivity contribution in [2.45, 2.75) is 26.8 Å². The Hall–Kier alpha value is -3.36. The standard InChI is InChI=1S/C24H20N4O2S2/c1-13-8-10-16(11-9-13)19-15(3)31-22-20(19)23(30)28(12-25-22)14(2)21(29)27-24-26-17-6-4-5-7-18(17)32-24/h4-12,14H,1-3H3,(H,26,27,29). The fourth-order valence-corrected chi connectivity index (χ4v) is 5.59. The van der Waals surface area contributed by atoms with Crippen LogP contribution < -0.4 is 10.9 Å². The second kappa shape index (κ2) is 7.96. The van der Waals surface area contributed by atoms with E-state index >= 15 is 0 Å². The van der Waals surface area contributed by atoms with E-state index in [4.69, 9.17) is 0 Å². The van der Waals surface area contributed by atoms with E-state index in [1.807, 2.05) is 62.4 Å². The normalized spacial score (nSPS) is 12.3. The molecule has 32 heavy (non-hydrogen) atoms.